The summed E-state index contributed by atoms with van der Waals surface area (Å²) in [5.74, 6) is 0. The number of ether oxygens (including phenoxy) is 2. The van der Waals surface area contributed by atoms with Gasteiger partial charge in [0.15, 0.2) is 0 Å². The highest BCUT2D eigenvalue weighted by atomic mass is 16.5. The molecule has 0 aliphatic heterocycles. The summed E-state index contributed by atoms with van der Waals surface area (Å²) in [4.78, 5) is 0. The molecular formula is C14H23NO2. The molecule has 0 unspecified atom stereocenters. The first-order chi connectivity index (χ1) is 8.43. The van der Waals surface area contributed by atoms with Gasteiger partial charge in [0.25, 0.3) is 0 Å². The number of benzene rings is 1. The first-order valence-electron chi connectivity index (χ1n) is 6.33. The van der Waals surface area contributed by atoms with E-state index >= 15 is 0 Å². The number of rotatable bonds is 10. The zero-order valence-electron chi connectivity index (χ0n) is 10.7. The Labute approximate surface area is 104 Å². The summed E-state index contributed by atoms with van der Waals surface area (Å²) in [5, 5.41) is 3.26. The summed E-state index contributed by atoms with van der Waals surface area (Å²) in [5.41, 5.74) is 1.21. The lowest BCUT2D eigenvalue weighted by molar-refractivity contribution is 0.0399. The summed E-state index contributed by atoms with van der Waals surface area (Å²) < 4.78 is 11.0. The van der Waals surface area contributed by atoms with Gasteiger partial charge in [0.1, 0.15) is 0 Å². The van der Waals surface area contributed by atoms with Crippen molar-refractivity contribution in [3.63, 3.8) is 0 Å². The Kier molecular flexibility index (Phi) is 8.55. The molecule has 0 atom stereocenters. The van der Waals surface area contributed by atoms with Crippen LogP contribution in [0.4, 0.5) is 0 Å². The van der Waals surface area contributed by atoms with E-state index in [1.54, 1.807) is 0 Å². The van der Waals surface area contributed by atoms with Gasteiger partial charge >= 0.3 is 0 Å². The van der Waals surface area contributed by atoms with Gasteiger partial charge in [-0.05, 0) is 25.1 Å². The summed E-state index contributed by atoms with van der Waals surface area (Å²) in [6.07, 6.45) is 1.06. The predicted octanol–water partition coefficient (Wildman–Crippen LogP) is 2.22. The van der Waals surface area contributed by atoms with Crippen molar-refractivity contribution >= 4 is 0 Å². The molecule has 1 rings (SSSR count). The molecule has 0 saturated carbocycles. The normalized spacial score (nSPS) is 10.6. The van der Waals surface area contributed by atoms with Crippen LogP contribution in [0.25, 0.3) is 0 Å². The molecular weight excluding hydrogens is 214 g/mol. The van der Waals surface area contributed by atoms with Crippen molar-refractivity contribution in [2.75, 3.05) is 32.9 Å². The molecule has 1 aromatic rings. The highest BCUT2D eigenvalue weighted by Gasteiger charge is 1.92. The average molecular weight is 237 g/mol. The third kappa shape index (κ3) is 7.91. The second-order valence-electron chi connectivity index (χ2n) is 3.86. The third-order valence-corrected chi connectivity index (χ3v) is 2.38. The number of nitrogens with one attached hydrogen (secondary N) is 1. The van der Waals surface area contributed by atoms with Gasteiger partial charge in [-0.1, -0.05) is 37.3 Å². The lowest BCUT2D eigenvalue weighted by atomic mass is 10.2. The monoisotopic (exact) mass is 237 g/mol. The van der Waals surface area contributed by atoms with E-state index in [-0.39, 0.29) is 0 Å². The first kappa shape index (κ1) is 14.2. The van der Waals surface area contributed by atoms with Crippen LogP contribution in [0.5, 0.6) is 0 Å². The largest absolute Gasteiger partial charge is 0.379 e. The lowest BCUT2D eigenvalue weighted by Gasteiger charge is -2.06. The van der Waals surface area contributed by atoms with Crippen molar-refractivity contribution in [1.29, 1.82) is 0 Å². The maximum atomic E-state index is 5.51. The molecule has 0 aromatic heterocycles. The highest BCUT2D eigenvalue weighted by molar-refractivity contribution is 5.13. The van der Waals surface area contributed by atoms with Gasteiger partial charge in [-0.2, -0.15) is 0 Å². The highest BCUT2D eigenvalue weighted by Crippen LogP contribution is 1.99. The van der Waals surface area contributed by atoms with Crippen LogP contribution in [-0.4, -0.2) is 32.9 Å². The zero-order chi connectivity index (χ0) is 12.2. The minimum absolute atomic E-state index is 0.663. The number of hydrogen-bond donors (Lipinski definition) is 1. The van der Waals surface area contributed by atoms with Crippen LogP contribution in [-0.2, 0) is 16.1 Å². The first-order valence-corrected chi connectivity index (χ1v) is 6.33. The Balaban J connectivity index is 1.85. The fraction of sp³-hybridized carbons (Fsp3) is 0.571. The lowest BCUT2D eigenvalue weighted by Crippen LogP contribution is -2.16. The van der Waals surface area contributed by atoms with Gasteiger partial charge in [-0.15, -0.1) is 0 Å². The van der Waals surface area contributed by atoms with Crippen LogP contribution >= 0.6 is 0 Å². The minimum atomic E-state index is 0.663. The second kappa shape index (κ2) is 10.3. The molecule has 3 nitrogen and oxygen atoms in total. The Morgan fingerprint density at radius 1 is 1.00 bits per heavy atom. The molecule has 0 amide bonds. The fourth-order valence-electron chi connectivity index (χ4n) is 1.46. The molecule has 0 heterocycles. The van der Waals surface area contributed by atoms with Crippen LogP contribution in [0.3, 0.4) is 0 Å². The maximum absolute atomic E-state index is 5.51. The molecule has 0 radical (unpaired) electrons. The Bertz CT molecular complexity index is 264. The molecule has 1 aromatic carbocycles. The van der Waals surface area contributed by atoms with Crippen molar-refractivity contribution in [3.05, 3.63) is 35.9 Å². The number of hydrogen-bond acceptors (Lipinski definition) is 3. The summed E-state index contributed by atoms with van der Waals surface area (Å²) in [6.45, 7) is 6.98. The van der Waals surface area contributed by atoms with E-state index in [4.69, 9.17) is 9.47 Å². The average Bonchev–Trinajstić information content (AvgIpc) is 2.38. The quantitative estimate of drug-likeness (QED) is 0.633. The summed E-state index contributed by atoms with van der Waals surface area (Å²) in [6, 6.07) is 10.2. The maximum Gasteiger partial charge on any atom is 0.0718 e. The van der Waals surface area contributed by atoms with Gasteiger partial charge in [0.05, 0.1) is 19.8 Å². The summed E-state index contributed by atoms with van der Waals surface area (Å²) >= 11 is 0. The standard InChI is InChI=1S/C14H23NO2/c1-2-15-9-6-10-16-11-12-17-13-14-7-4-3-5-8-14/h3-5,7-8,15H,2,6,9-13H2,1H3. The zero-order valence-corrected chi connectivity index (χ0v) is 10.7. The fourth-order valence-corrected chi connectivity index (χ4v) is 1.46. The van der Waals surface area contributed by atoms with Gasteiger partial charge in [-0.25, -0.2) is 0 Å². The second-order valence-corrected chi connectivity index (χ2v) is 3.86. The molecule has 17 heavy (non-hydrogen) atoms. The van der Waals surface area contributed by atoms with Gasteiger partial charge in [0, 0.05) is 6.61 Å². The molecule has 0 aliphatic rings. The van der Waals surface area contributed by atoms with E-state index in [9.17, 15) is 0 Å². The van der Waals surface area contributed by atoms with Crippen molar-refractivity contribution in [1.82, 2.24) is 5.32 Å². The van der Waals surface area contributed by atoms with E-state index in [0.717, 1.165) is 26.1 Å². The molecule has 0 bridgehead atoms. The predicted molar refractivity (Wildman–Crippen MR) is 70.1 cm³/mol. The van der Waals surface area contributed by atoms with Crippen molar-refractivity contribution in [3.8, 4) is 0 Å². The van der Waals surface area contributed by atoms with E-state index < -0.39 is 0 Å². The van der Waals surface area contributed by atoms with E-state index in [1.807, 2.05) is 18.2 Å². The molecule has 0 aliphatic carbocycles. The van der Waals surface area contributed by atoms with E-state index in [0.29, 0.717) is 19.8 Å². The van der Waals surface area contributed by atoms with Crippen LogP contribution < -0.4 is 5.32 Å². The Morgan fingerprint density at radius 2 is 1.76 bits per heavy atom. The molecule has 0 spiro atoms. The van der Waals surface area contributed by atoms with Crippen LogP contribution in [0.2, 0.25) is 0 Å². The smallest absolute Gasteiger partial charge is 0.0718 e. The summed E-state index contributed by atoms with van der Waals surface area (Å²) in [7, 11) is 0. The Morgan fingerprint density at radius 3 is 2.53 bits per heavy atom. The van der Waals surface area contributed by atoms with Gasteiger partial charge < -0.3 is 14.8 Å². The van der Waals surface area contributed by atoms with Crippen LogP contribution in [0, 0.1) is 0 Å². The van der Waals surface area contributed by atoms with Gasteiger partial charge in [-0.3, -0.25) is 0 Å². The molecule has 3 heteroatoms. The van der Waals surface area contributed by atoms with E-state index in [1.165, 1.54) is 5.56 Å². The van der Waals surface area contributed by atoms with Crippen molar-refractivity contribution in [2.45, 2.75) is 20.0 Å². The van der Waals surface area contributed by atoms with Crippen LogP contribution in [0.1, 0.15) is 18.9 Å². The molecule has 0 fully saturated rings. The SMILES string of the molecule is CCNCCCOCCOCc1ccccc1. The molecule has 0 saturated heterocycles. The van der Waals surface area contributed by atoms with Crippen molar-refractivity contribution < 1.29 is 9.47 Å². The third-order valence-electron chi connectivity index (χ3n) is 2.38. The van der Waals surface area contributed by atoms with E-state index in [2.05, 4.69) is 24.4 Å². The topological polar surface area (TPSA) is 30.5 Å². The van der Waals surface area contributed by atoms with Crippen molar-refractivity contribution in [2.24, 2.45) is 0 Å². The van der Waals surface area contributed by atoms with Crippen LogP contribution in [0.15, 0.2) is 30.3 Å². The molecule has 96 valence electrons. The minimum Gasteiger partial charge on any atom is -0.379 e. The van der Waals surface area contributed by atoms with Gasteiger partial charge in [0.2, 0.25) is 0 Å². The molecule has 1 N–H and O–H groups in total. The Hall–Kier alpha value is -0.900.